The number of carbonyl (C=O) groups excluding carboxylic acids is 1. The van der Waals surface area contributed by atoms with Gasteiger partial charge < -0.3 is 5.32 Å². The summed E-state index contributed by atoms with van der Waals surface area (Å²) in [5.41, 5.74) is 5.84. The first-order chi connectivity index (χ1) is 14.0. The first kappa shape index (κ1) is 19.3. The lowest BCUT2D eigenvalue weighted by Crippen LogP contribution is -2.26. The van der Waals surface area contributed by atoms with Gasteiger partial charge in [0.2, 0.25) is 0 Å². The van der Waals surface area contributed by atoms with E-state index >= 15 is 0 Å². The number of fused-ring (bicyclic) bond motifs is 1. The van der Waals surface area contributed by atoms with E-state index in [0.717, 1.165) is 41.8 Å². The van der Waals surface area contributed by atoms with E-state index in [-0.39, 0.29) is 11.7 Å². The van der Waals surface area contributed by atoms with Gasteiger partial charge in [-0.1, -0.05) is 23.8 Å². The van der Waals surface area contributed by atoms with Crippen molar-refractivity contribution in [3.8, 4) is 11.1 Å². The summed E-state index contributed by atoms with van der Waals surface area (Å²) in [6.07, 6.45) is 9.61. The molecule has 0 saturated heterocycles. The molecular formula is C23H25FN4O. The molecule has 1 N–H and O–H groups in total. The predicted molar refractivity (Wildman–Crippen MR) is 111 cm³/mol. The minimum atomic E-state index is -0.282. The number of halogens is 1. The third kappa shape index (κ3) is 3.92. The number of nitrogens with zero attached hydrogens (tertiary/aromatic N) is 3. The number of hydrogen-bond acceptors (Lipinski definition) is 3. The lowest BCUT2D eigenvalue weighted by atomic mass is 9.97. The number of carbonyl (C=O) groups is 1. The van der Waals surface area contributed by atoms with Crippen LogP contribution in [0, 0.1) is 19.7 Å². The average molecular weight is 392 g/mol. The van der Waals surface area contributed by atoms with Crippen LogP contribution in [0.15, 0.2) is 42.1 Å². The van der Waals surface area contributed by atoms with Crippen LogP contribution in [0.25, 0.3) is 16.8 Å². The van der Waals surface area contributed by atoms with Crippen molar-refractivity contribution in [2.24, 2.45) is 0 Å². The molecule has 2 aromatic heterocycles. The van der Waals surface area contributed by atoms with Crippen molar-refractivity contribution in [1.29, 1.82) is 0 Å². The summed E-state index contributed by atoms with van der Waals surface area (Å²) in [4.78, 5) is 17.2. The molecule has 1 aliphatic rings. The highest BCUT2D eigenvalue weighted by molar-refractivity contribution is 5.95. The van der Waals surface area contributed by atoms with E-state index in [1.54, 1.807) is 22.8 Å². The molecule has 0 saturated carbocycles. The highest BCUT2D eigenvalue weighted by Gasteiger charge is 2.18. The highest BCUT2D eigenvalue weighted by atomic mass is 19.1. The van der Waals surface area contributed by atoms with E-state index in [4.69, 9.17) is 0 Å². The second-order valence-electron chi connectivity index (χ2n) is 7.57. The molecular weight excluding hydrogens is 367 g/mol. The number of hydrogen-bond donors (Lipinski definition) is 1. The van der Waals surface area contributed by atoms with Gasteiger partial charge in [-0.15, -0.1) is 0 Å². The Bertz CT molecular complexity index is 1080. The van der Waals surface area contributed by atoms with Gasteiger partial charge in [0.1, 0.15) is 5.82 Å². The van der Waals surface area contributed by atoms with Gasteiger partial charge in [0.05, 0.1) is 17.0 Å². The summed E-state index contributed by atoms with van der Waals surface area (Å²) < 4.78 is 15.0. The fourth-order valence-electron chi connectivity index (χ4n) is 3.94. The summed E-state index contributed by atoms with van der Waals surface area (Å²) in [5.74, 6) is -0.417. The highest BCUT2D eigenvalue weighted by Crippen LogP contribution is 2.28. The van der Waals surface area contributed by atoms with Crippen molar-refractivity contribution >= 4 is 11.6 Å². The minimum Gasteiger partial charge on any atom is -0.352 e. The topological polar surface area (TPSA) is 59.3 Å². The van der Waals surface area contributed by atoms with Crippen LogP contribution in [0.5, 0.6) is 0 Å². The Kier molecular flexibility index (Phi) is 5.43. The fraction of sp³-hybridized carbons (Fsp3) is 0.348. The maximum Gasteiger partial charge on any atom is 0.254 e. The third-order valence-corrected chi connectivity index (χ3v) is 5.55. The SMILES string of the molecule is Cc1nn2c(C)c(C(=O)NCCC3=CCCCC3)cnc2c1-c1ccc(F)cc1. The quantitative estimate of drug-likeness (QED) is 0.636. The largest absolute Gasteiger partial charge is 0.352 e. The van der Waals surface area contributed by atoms with Crippen LogP contribution in [-0.4, -0.2) is 27.0 Å². The lowest BCUT2D eigenvalue weighted by molar-refractivity contribution is 0.0952. The molecule has 1 aromatic carbocycles. The predicted octanol–water partition coefficient (Wildman–Crippen LogP) is 4.77. The van der Waals surface area contributed by atoms with Crippen molar-refractivity contribution in [2.45, 2.75) is 46.0 Å². The summed E-state index contributed by atoms with van der Waals surface area (Å²) in [6, 6.07) is 6.29. The molecule has 4 rings (SSSR count). The van der Waals surface area contributed by atoms with Gasteiger partial charge in [-0.05, 0) is 63.6 Å². The smallest absolute Gasteiger partial charge is 0.254 e. The van der Waals surface area contributed by atoms with E-state index in [1.807, 2.05) is 13.8 Å². The Hall–Kier alpha value is -3.02. The molecule has 29 heavy (non-hydrogen) atoms. The number of rotatable bonds is 5. The van der Waals surface area contributed by atoms with Gasteiger partial charge in [-0.2, -0.15) is 5.10 Å². The minimum absolute atomic E-state index is 0.134. The zero-order valence-electron chi connectivity index (χ0n) is 16.8. The van der Waals surface area contributed by atoms with E-state index in [1.165, 1.54) is 30.5 Å². The molecule has 1 aliphatic carbocycles. The molecule has 0 aliphatic heterocycles. The Labute approximate surface area is 169 Å². The first-order valence-electron chi connectivity index (χ1n) is 10.1. The van der Waals surface area contributed by atoms with Crippen LogP contribution in [0.4, 0.5) is 4.39 Å². The van der Waals surface area contributed by atoms with Crippen LogP contribution in [0.2, 0.25) is 0 Å². The third-order valence-electron chi connectivity index (χ3n) is 5.55. The van der Waals surface area contributed by atoms with Crippen LogP contribution in [-0.2, 0) is 0 Å². The van der Waals surface area contributed by atoms with Gasteiger partial charge in [-0.3, -0.25) is 4.79 Å². The Morgan fingerprint density at radius 3 is 2.72 bits per heavy atom. The van der Waals surface area contributed by atoms with Gasteiger partial charge >= 0.3 is 0 Å². The summed E-state index contributed by atoms with van der Waals surface area (Å²) >= 11 is 0. The molecule has 0 atom stereocenters. The molecule has 6 heteroatoms. The summed E-state index contributed by atoms with van der Waals surface area (Å²) in [7, 11) is 0. The molecule has 2 heterocycles. The van der Waals surface area contributed by atoms with E-state index in [0.29, 0.717) is 17.8 Å². The number of aryl methyl sites for hydroxylation is 2. The van der Waals surface area contributed by atoms with Crippen LogP contribution in [0.3, 0.4) is 0 Å². The van der Waals surface area contributed by atoms with Gasteiger partial charge in [0.15, 0.2) is 5.65 Å². The number of amides is 1. The molecule has 0 spiro atoms. The van der Waals surface area contributed by atoms with Gasteiger partial charge in [0.25, 0.3) is 5.91 Å². The molecule has 1 amide bonds. The van der Waals surface area contributed by atoms with E-state index < -0.39 is 0 Å². The van der Waals surface area contributed by atoms with Gasteiger partial charge in [-0.25, -0.2) is 13.9 Å². The number of aromatic nitrogens is 3. The number of allylic oxidation sites excluding steroid dienone is 1. The zero-order chi connectivity index (χ0) is 20.4. The van der Waals surface area contributed by atoms with Crippen molar-refractivity contribution in [3.63, 3.8) is 0 Å². The number of nitrogens with one attached hydrogen (secondary N) is 1. The first-order valence-corrected chi connectivity index (χ1v) is 10.1. The normalized spacial score (nSPS) is 14.1. The van der Waals surface area contributed by atoms with Crippen molar-refractivity contribution in [3.05, 3.63) is 64.9 Å². The van der Waals surface area contributed by atoms with Crippen molar-refractivity contribution in [1.82, 2.24) is 19.9 Å². The molecule has 0 unspecified atom stereocenters. The molecule has 3 aromatic rings. The maximum absolute atomic E-state index is 13.3. The molecule has 0 radical (unpaired) electrons. The van der Waals surface area contributed by atoms with E-state index in [2.05, 4.69) is 21.5 Å². The Morgan fingerprint density at radius 1 is 1.21 bits per heavy atom. The van der Waals surface area contributed by atoms with E-state index in [9.17, 15) is 9.18 Å². The second kappa shape index (κ2) is 8.15. The zero-order valence-corrected chi connectivity index (χ0v) is 16.8. The van der Waals surface area contributed by atoms with Crippen molar-refractivity contribution < 1.29 is 9.18 Å². The average Bonchev–Trinajstić information content (AvgIpc) is 3.06. The number of benzene rings is 1. The standard InChI is InChI=1S/C23H25FN4O/c1-15-21(18-8-10-19(24)11-9-18)22-26-14-20(16(2)28(22)27-15)23(29)25-13-12-17-6-4-3-5-7-17/h6,8-11,14H,3-5,7,12-13H2,1-2H3,(H,25,29). The monoisotopic (exact) mass is 392 g/mol. The Balaban J connectivity index is 1.57. The van der Waals surface area contributed by atoms with Crippen molar-refractivity contribution in [2.75, 3.05) is 6.54 Å². The maximum atomic E-state index is 13.3. The molecule has 0 bridgehead atoms. The fourth-order valence-corrected chi connectivity index (χ4v) is 3.94. The Morgan fingerprint density at radius 2 is 2.00 bits per heavy atom. The second-order valence-corrected chi connectivity index (χ2v) is 7.57. The lowest BCUT2D eigenvalue weighted by Gasteiger charge is -2.13. The summed E-state index contributed by atoms with van der Waals surface area (Å²) in [5, 5.41) is 7.59. The van der Waals surface area contributed by atoms with Crippen LogP contribution >= 0.6 is 0 Å². The molecule has 0 fully saturated rings. The van der Waals surface area contributed by atoms with Crippen LogP contribution < -0.4 is 5.32 Å². The molecule has 150 valence electrons. The molecule has 5 nitrogen and oxygen atoms in total. The van der Waals surface area contributed by atoms with Gasteiger partial charge in [0, 0.05) is 18.3 Å². The summed E-state index contributed by atoms with van der Waals surface area (Å²) in [6.45, 7) is 4.39. The van der Waals surface area contributed by atoms with Crippen LogP contribution in [0.1, 0.15) is 53.8 Å².